The maximum Gasteiger partial charge on any atom is 0.243 e. The zero-order valence-electron chi connectivity index (χ0n) is 19.2. The maximum atomic E-state index is 13.1. The van der Waals surface area contributed by atoms with E-state index in [4.69, 9.17) is 5.41 Å². The summed E-state index contributed by atoms with van der Waals surface area (Å²) in [7, 11) is 0. The molecule has 2 atom stereocenters. The highest BCUT2D eigenvalue weighted by molar-refractivity contribution is 6.26. The minimum absolute atomic E-state index is 0.0215. The second-order valence-electron chi connectivity index (χ2n) is 7.94. The SMILES string of the molecule is CC(=O)N[C@@H](Cc1ccccc1C)C(=O)N[C@@H](CCC(=O)C=N)C(=O)NCc1ccc(F)cc1. The Balaban J connectivity index is 2.14. The Labute approximate surface area is 197 Å². The minimum atomic E-state index is -1.06. The fourth-order valence-electron chi connectivity index (χ4n) is 3.33. The molecule has 2 rings (SSSR count). The zero-order valence-corrected chi connectivity index (χ0v) is 19.2. The lowest BCUT2D eigenvalue weighted by Gasteiger charge is -2.23. The Morgan fingerprint density at radius 1 is 0.971 bits per heavy atom. The molecule has 0 saturated carbocycles. The molecule has 8 nitrogen and oxygen atoms in total. The van der Waals surface area contributed by atoms with Gasteiger partial charge in [-0.3, -0.25) is 19.2 Å². The highest BCUT2D eigenvalue weighted by atomic mass is 19.1. The number of carbonyl (C=O) groups excluding carboxylic acids is 4. The van der Waals surface area contributed by atoms with Gasteiger partial charge >= 0.3 is 0 Å². The van der Waals surface area contributed by atoms with Gasteiger partial charge < -0.3 is 21.4 Å². The Morgan fingerprint density at radius 2 is 1.65 bits per heavy atom. The molecule has 9 heteroatoms. The molecule has 0 heterocycles. The Morgan fingerprint density at radius 3 is 2.26 bits per heavy atom. The van der Waals surface area contributed by atoms with E-state index in [1.54, 1.807) is 0 Å². The average molecular weight is 469 g/mol. The highest BCUT2D eigenvalue weighted by Crippen LogP contribution is 2.11. The molecular weight excluding hydrogens is 439 g/mol. The summed E-state index contributed by atoms with van der Waals surface area (Å²) in [5.41, 5.74) is 2.48. The summed E-state index contributed by atoms with van der Waals surface area (Å²) in [6.45, 7) is 3.29. The van der Waals surface area contributed by atoms with Gasteiger partial charge in [-0.25, -0.2) is 4.39 Å². The predicted molar refractivity (Wildman–Crippen MR) is 126 cm³/mol. The van der Waals surface area contributed by atoms with Crippen LogP contribution >= 0.6 is 0 Å². The average Bonchev–Trinajstić information content (AvgIpc) is 2.81. The molecule has 0 radical (unpaired) electrons. The lowest BCUT2D eigenvalue weighted by Crippen LogP contribution is -2.54. The molecule has 3 amide bonds. The van der Waals surface area contributed by atoms with Crippen LogP contribution in [0.25, 0.3) is 0 Å². The quantitative estimate of drug-likeness (QED) is 0.355. The first-order valence-corrected chi connectivity index (χ1v) is 10.9. The van der Waals surface area contributed by atoms with E-state index in [9.17, 15) is 23.6 Å². The van der Waals surface area contributed by atoms with Crippen molar-refractivity contribution in [3.05, 3.63) is 71.0 Å². The second kappa shape index (κ2) is 13.0. The molecule has 4 N–H and O–H groups in total. The molecule has 0 saturated heterocycles. The first-order chi connectivity index (χ1) is 16.2. The number of halogens is 1. The van der Waals surface area contributed by atoms with Crippen molar-refractivity contribution in [1.82, 2.24) is 16.0 Å². The van der Waals surface area contributed by atoms with Crippen molar-refractivity contribution in [3.8, 4) is 0 Å². The van der Waals surface area contributed by atoms with Crippen molar-refractivity contribution < 1.29 is 23.6 Å². The van der Waals surface area contributed by atoms with E-state index in [2.05, 4.69) is 16.0 Å². The Bertz CT molecular complexity index is 1040. The van der Waals surface area contributed by atoms with Crippen LogP contribution in [-0.4, -0.2) is 41.8 Å². The van der Waals surface area contributed by atoms with Gasteiger partial charge in [0.15, 0.2) is 5.78 Å². The number of rotatable bonds is 12. The fraction of sp³-hybridized carbons (Fsp3) is 0.320. The lowest BCUT2D eigenvalue weighted by molar-refractivity contribution is -0.132. The monoisotopic (exact) mass is 468 g/mol. The van der Waals surface area contributed by atoms with Crippen LogP contribution in [0.5, 0.6) is 0 Å². The van der Waals surface area contributed by atoms with Crippen molar-refractivity contribution in [2.75, 3.05) is 0 Å². The third-order valence-corrected chi connectivity index (χ3v) is 5.23. The van der Waals surface area contributed by atoms with Crippen molar-refractivity contribution in [1.29, 1.82) is 5.41 Å². The molecule has 0 aliphatic carbocycles. The summed E-state index contributed by atoms with van der Waals surface area (Å²) in [5, 5.41) is 15.0. The number of benzene rings is 2. The van der Waals surface area contributed by atoms with Gasteiger partial charge in [-0.2, -0.15) is 0 Å². The van der Waals surface area contributed by atoms with Crippen LogP contribution in [0, 0.1) is 18.2 Å². The van der Waals surface area contributed by atoms with Gasteiger partial charge in [0.05, 0.1) is 6.21 Å². The van der Waals surface area contributed by atoms with E-state index in [0.717, 1.165) is 11.1 Å². The first-order valence-electron chi connectivity index (χ1n) is 10.9. The fourth-order valence-corrected chi connectivity index (χ4v) is 3.33. The van der Waals surface area contributed by atoms with E-state index in [1.807, 2.05) is 31.2 Å². The minimum Gasteiger partial charge on any atom is -0.350 e. The number of carbonyl (C=O) groups is 4. The summed E-state index contributed by atoms with van der Waals surface area (Å²) in [6, 6.07) is 11.1. The number of ketones is 1. The van der Waals surface area contributed by atoms with Gasteiger partial charge in [-0.1, -0.05) is 36.4 Å². The van der Waals surface area contributed by atoms with E-state index >= 15 is 0 Å². The highest BCUT2D eigenvalue weighted by Gasteiger charge is 2.27. The molecule has 0 aromatic heterocycles. The van der Waals surface area contributed by atoms with Gasteiger partial charge in [-0.05, 0) is 42.2 Å². The molecule has 0 spiro atoms. The molecule has 0 fully saturated rings. The third kappa shape index (κ3) is 8.57. The van der Waals surface area contributed by atoms with Crippen LogP contribution in [0.15, 0.2) is 48.5 Å². The number of aryl methyl sites for hydroxylation is 1. The van der Waals surface area contributed by atoms with Gasteiger partial charge in [0.25, 0.3) is 0 Å². The normalized spacial score (nSPS) is 12.2. The standard InChI is InChI=1S/C25H29FN4O4/c1-16-5-3-4-6-19(16)13-23(29-17(2)31)25(34)30-22(12-11-21(32)14-27)24(33)28-15-18-7-9-20(26)10-8-18/h3-10,14,22-23,27H,11-13,15H2,1-2H3,(H,28,33)(H,29,31)(H,30,34)/t22-,23-/m0/s1. The van der Waals surface area contributed by atoms with Gasteiger partial charge in [0.2, 0.25) is 17.7 Å². The van der Waals surface area contributed by atoms with Crippen LogP contribution in [-0.2, 0) is 32.1 Å². The molecule has 0 bridgehead atoms. The van der Waals surface area contributed by atoms with E-state index in [1.165, 1.54) is 31.2 Å². The predicted octanol–water partition coefficient (Wildman–Crippen LogP) is 1.98. The van der Waals surface area contributed by atoms with E-state index in [-0.39, 0.29) is 25.8 Å². The number of nitrogens with one attached hydrogen (secondary N) is 4. The van der Waals surface area contributed by atoms with Crippen LogP contribution in [0.1, 0.15) is 36.5 Å². The Kier molecular flexibility index (Phi) is 10.1. The Hall–Kier alpha value is -3.88. The summed E-state index contributed by atoms with van der Waals surface area (Å²) < 4.78 is 13.1. The van der Waals surface area contributed by atoms with E-state index in [0.29, 0.717) is 11.8 Å². The summed E-state index contributed by atoms with van der Waals surface area (Å²) >= 11 is 0. The van der Waals surface area contributed by atoms with Gasteiger partial charge in [0, 0.05) is 26.3 Å². The molecule has 2 aromatic carbocycles. The van der Waals surface area contributed by atoms with Crippen LogP contribution in [0.2, 0.25) is 0 Å². The van der Waals surface area contributed by atoms with Crippen molar-refractivity contribution in [2.24, 2.45) is 0 Å². The molecular formula is C25H29FN4O4. The molecule has 0 unspecified atom stereocenters. The van der Waals surface area contributed by atoms with E-state index < -0.39 is 41.4 Å². The smallest absolute Gasteiger partial charge is 0.243 e. The van der Waals surface area contributed by atoms with Gasteiger partial charge in [-0.15, -0.1) is 0 Å². The third-order valence-electron chi connectivity index (χ3n) is 5.23. The largest absolute Gasteiger partial charge is 0.350 e. The van der Waals surface area contributed by atoms with Crippen molar-refractivity contribution in [3.63, 3.8) is 0 Å². The molecule has 34 heavy (non-hydrogen) atoms. The number of amides is 3. The summed E-state index contributed by atoms with van der Waals surface area (Å²) in [6.07, 6.45) is 0.752. The topological polar surface area (TPSA) is 128 Å². The molecule has 180 valence electrons. The molecule has 0 aliphatic rings. The summed E-state index contributed by atoms with van der Waals surface area (Å²) in [5.74, 6) is -2.38. The van der Waals surface area contributed by atoms with Crippen LogP contribution in [0.3, 0.4) is 0 Å². The van der Waals surface area contributed by atoms with Crippen LogP contribution in [0.4, 0.5) is 4.39 Å². The zero-order chi connectivity index (χ0) is 25.1. The lowest BCUT2D eigenvalue weighted by atomic mass is 10.00. The number of hydrogen-bond donors (Lipinski definition) is 4. The van der Waals surface area contributed by atoms with Crippen LogP contribution < -0.4 is 16.0 Å². The number of hydrogen-bond acceptors (Lipinski definition) is 5. The van der Waals surface area contributed by atoms with Crippen molar-refractivity contribution >= 4 is 29.7 Å². The molecule has 2 aromatic rings. The van der Waals surface area contributed by atoms with Gasteiger partial charge in [0.1, 0.15) is 17.9 Å². The maximum absolute atomic E-state index is 13.1. The molecule has 0 aliphatic heterocycles. The number of Topliss-reactive ketones (excluding diaryl/α,β-unsaturated/α-hetero) is 1. The van der Waals surface area contributed by atoms with Crippen molar-refractivity contribution in [2.45, 2.75) is 51.7 Å². The summed E-state index contributed by atoms with van der Waals surface area (Å²) in [4.78, 5) is 49.2. The first kappa shape index (κ1) is 26.4. The second-order valence-corrected chi connectivity index (χ2v) is 7.94.